The lowest BCUT2D eigenvalue weighted by Gasteiger charge is -2.28. The number of aryl methyl sites for hydroxylation is 1. The average Bonchev–Trinajstić information content (AvgIpc) is 3.22. The number of sulfone groups is 1. The first kappa shape index (κ1) is 19.2. The summed E-state index contributed by atoms with van der Waals surface area (Å²) < 4.78 is 29.3. The van der Waals surface area contributed by atoms with Gasteiger partial charge < -0.3 is 9.64 Å². The topological polar surface area (TPSA) is 63.7 Å². The molecule has 2 aromatic rings. The van der Waals surface area contributed by atoms with E-state index < -0.39 is 9.84 Å². The maximum Gasteiger partial charge on any atom is 0.261 e. The molecule has 0 bridgehead atoms. The van der Waals surface area contributed by atoms with Crippen molar-refractivity contribution in [3.05, 3.63) is 51.2 Å². The Kier molecular flexibility index (Phi) is 5.89. The highest BCUT2D eigenvalue weighted by molar-refractivity contribution is 7.91. The molecule has 1 saturated heterocycles. The van der Waals surface area contributed by atoms with Crippen LogP contribution in [0.1, 0.15) is 16.9 Å². The fourth-order valence-corrected chi connectivity index (χ4v) is 5.50. The Labute approximate surface area is 162 Å². The molecule has 1 amide bonds. The Morgan fingerprint density at radius 3 is 2.81 bits per heavy atom. The van der Waals surface area contributed by atoms with Gasteiger partial charge in [0.15, 0.2) is 16.4 Å². The number of hydrogen-bond donors (Lipinski definition) is 0. The van der Waals surface area contributed by atoms with Crippen LogP contribution in [-0.2, 0) is 21.2 Å². The maximum atomic E-state index is 12.8. The summed E-state index contributed by atoms with van der Waals surface area (Å²) in [6, 6.07) is 8.78. The van der Waals surface area contributed by atoms with Gasteiger partial charge in [0.2, 0.25) is 0 Å². The number of benzene rings is 1. The van der Waals surface area contributed by atoms with Crippen LogP contribution in [0, 0.1) is 6.92 Å². The van der Waals surface area contributed by atoms with E-state index in [9.17, 15) is 13.2 Å². The molecule has 1 aromatic heterocycles. The molecule has 0 spiro atoms. The minimum absolute atomic E-state index is 0.0180. The van der Waals surface area contributed by atoms with Crippen molar-refractivity contribution in [2.24, 2.45) is 0 Å². The van der Waals surface area contributed by atoms with E-state index in [1.165, 1.54) is 0 Å². The first-order valence-electron chi connectivity index (χ1n) is 8.25. The zero-order valence-electron chi connectivity index (χ0n) is 14.4. The van der Waals surface area contributed by atoms with E-state index in [1.807, 2.05) is 24.4 Å². The van der Waals surface area contributed by atoms with Gasteiger partial charge in [0.05, 0.1) is 18.1 Å². The molecule has 1 aliphatic heterocycles. The summed E-state index contributed by atoms with van der Waals surface area (Å²) in [5.41, 5.74) is 0.869. The molecule has 3 rings (SSSR count). The number of nitrogens with zero attached hydrogens (tertiary/aromatic N) is 1. The van der Waals surface area contributed by atoms with Crippen LogP contribution in [0.2, 0.25) is 5.02 Å². The Morgan fingerprint density at radius 2 is 2.19 bits per heavy atom. The molecule has 1 aliphatic rings. The highest BCUT2D eigenvalue weighted by atomic mass is 35.5. The summed E-state index contributed by atoms with van der Waals surface area (Å²) >= 11 is 7.55. The SMILES string of the molecule is Cc1cc(OCC(=O)N(Cc2cccs2)[C@H]2CCS(=O)(=O)C2)ccc1Cl. The van der Waals surface area contributed by atoms with Crippen molar-refractivity contribution in [2.45, 2.75) is 25.9 Å². The fourth-order valence-electron chi connectivity index (χ4n) is 2.95. The van der Waals surface area contributed by atoms with Crippen LogP contribution >= 0.6 is 22.9 Å². The third kappa shape index (κ3) is 4.78. The number of ether oxygens (including phenoxy) is 1. The monoisotopic (exact) mass is 413 g/mol. The van der Waals surface area contributed by atoms with Crippen LogP contribution in [-0.4, -0.2) is 43.4 Å². The smallest absolute Gasteiger partial charge is 0.261 e. The van der Waals surface area contributed by atoms with Gasteiger partial charge in [0.1, 0.15) is 5.75 Å². The molecule has 0 unspecified atom stereocenters. The van der Waals surface area contributed by atoms with E-state index in [4.69, 9.17) is 16.3 Å². The molecule has 0 radical (unpaired) electrons. The van der Waals surface area contributed by atoms with Crippen molar-refractivity contribution in [3.8, 4) is 5.75 Å². The molecule has 2 heterocycles. The Morgan fingerprint density at radius 1 is 1.38 bits per heavy atom. The molecule has 1 atom stereocenters. The van der Waals surface area contributed by atoms with Crippen molar-refractivity contribution in [2.75, 3.05) is 18.1 Å². The fraction of sp³-hybridized carbons (Fsp3) is 0.389. The lowest BCUT2D eigenvalue weighted by molar-refractivity contribution is -0.135. The van der Waals surface area contributed by atoms with Gasteiger partial charge >= 0.3 is 0 Å². The van der Waals surface area contributed by atoms with Gasteiger partial charge in [-0.1, -0.05) is 17.7 Å². The molecule has 0 saturated carbocycles. The third-order valence-corrected chi connectivity index (χ3v) is 7.40. The quantitative estimate of drug-likeness (QED) is 0.728. The number of carbonyl (C=O) groups excluding carboxylic acids is 1. The molecule has 26 heavy (non-hydrogen) atoms. The maximum absolute atomic E-state index is 12.8. The number of halogens is 1. The largest absolute Gasteiger partial charge is 0.484 e. The van der Waals surface area contributed by atoms with E-state index in [1.54, 1.807) is 34.4 Å². The molecule has 8 heteroatoms. The van der Waals surface area contributed by atoms with Crippen LogP contribution in [0.5, 0.6) is 5.75 Å². The highest BCUT2D eigenvalue weighted by Crippen LogP contribution is 2.24. The summed E-state index contributed by atoms with van der Waals surface area (Å²) in [6.45, 7) is 2.13. The van der Waals surface area contributed by atoms with Crippen molar-refractivity contribution >= 4 is 38.7 Å². The van der Waals surface area contributed by atoms with Crippen molar-refractivity contribution in [1.29, 1.82) is 0 Å². The molecule has 0 N–H and O–H groups in total. The molecule has 140 valence electrons. The van der Waals surface area contributed by atoms with E-state index >= 15 is 0 Å². The van der Waals surface area contributed by atoms with Crippen LogP contribution < -0.4 is 4.74 Å². The lowest BCUT2D eigenvalue weighted by atomic mass is 10.2. The number of carbonyl (C=O) groups is 1. The Balaban J connectivity index is 1.70. The zero-order valence-corrected chi connectivity index (χ0v) is 16.7. The minimum atomic E-state index is -3.08. The third-order valence-electron chi connectivity index (χ3n) is 4.37. The van der Waals surface area contributed by atoms with Crippen LogP contribution in [0.15, 0.2) is 35.7 Å². The summed E-state index contributed by atoms with van der Waals surface area (Å²) in [5, 5.41) is 2.58. The summed E-state index contributed by atoms with van der Waals surface area (Å²) in [7, 11) is -3.08. The summed E-state index contributed by atoms with van der Waals surface area (Å²) in [5.74, 6) is 0.497. The molecule has 1 aromatic carbocycles. The lowest BCUT2D eigenvalue weighted by Crippen LogP contribution is -2.42. The first-order chi connectivity index (χ1) is 12.3. The van der Waals surface area contributed by atoms with Gasteiger partial charge in [0.25, 0.3) is 5.91 Å². The predicted molar refractivity (Wildman–Crippen MR) is 104 cm³/mol. The van der Waals surface area contributed by atoms with Crippen LogP contribution in [0.3, 0.4) is 0 Å². The van der Waals surface area contributed by atoms with Gasteiger partial charge in [0, 0.05) is 15.9 Å². The molecule has 5 nitrogen and oxygen atoms in total. The number of thiophene rings is 1. The Hall–Kier alpha value is -1.57. The molecule has 0 aliphatic carbocycles. The van der Waals surface area contributed by atoms with Gasteiger partial charge in [-0.3, -0.25) is 4.79 Å². The number of rotatable bonds is 6. The van der Waals surface area contributed by atoms with Crippen LogP contribution in [0.25, 0.3) is 0 Å². The van der Waals surface area contributed by atoms with E-state index in [0.717, 1.165) is 10.4 Å². The highest BCUT2D eigenvalue weighted by Gasteiger charge is 2.34. The van der Waals surface area contributed by atoms with E-state index in [-0.39, 0.29) is 30.1 Å². The average molecular weight is 414 g/mol. The first-order valence-corrected chi connectivity index (χ1v) is 11.3. The summed E-state index contributed by atoms with van der Waals surface area (Å²) in [6.07, 6.45) is 0.472. The second kappa shape index (κ2) is 7.98. The molecular weight excluding hydrogens is 394 g/mol. The van der Waals surface area contributed by atoms with Crippen molar-refractivity contribution < 1.29 is 17.9 Å². The van der Waals surface area contributed by atoms with Gasteiger partial charge in [-0.15, -0.1) is 11.3 Å². The standard InChI is InChI=1S/C18H20ClNO4S2/c1-13-9-15(4-5-17(13)19)24-11-18(21)20(10-16-3-2-7-25-16)14-6-8-26(22,23)12-14/h2-5,7,9,14H,6,8,10-12H2,1H3/t14-/m0/s1. The minimum Gasteiger partial charge on any atom is -0.484 e. The van der Waals surface area contributed by atoms with Gasteiger partial charge in [-0.2, -0.15) is 0 Å². The van der Waals surface area contributed by atoms with Crippen LogP contribution in [0.4, 0.5) is 0 Å². The Bertz CT molecular complexity index is 881. The number of hydrogen-bond acceptors (Lipinski definition) is 5. The molecular formula is C18H20ClNO4S2. The normalized spacial score (nSPS) is 18.6. The van der Waals surface area contributed by atoms with E-state index in [0.29, 0.717) is 23.7 Å². The van der Waals surface area contributed by atoms with Crippen molar-refractivity contribution in [1.82, 2.24) is 4.90 Å². The second-order valence-corrected chi connectivity index (χ2v) is 10.0. The van der Waals surface area contributed by atoms with E-state index in [2.05, 4.69) is 0 Å². The molecule has 1 fully saturated rings. The predicted octanol–water partition coefficient (Wildman–Crippen LogP) is 3.30. The van der Waals surface area contributed by atoms with Gasteiger partial charge in [-0.05, 0) is 48.6 Å². The van der Waals surface area contributed by atoms with Gasteiger partial charge in [-0.25, -0.2) is 8.42 Å². The number of amides is 1. The second-order valence-electron chi connectivity index (χ2n) is 6.36. The summed E-state index contributed by atoms with van der Waals surface area (Å²) in [4.78, 5) is 15.4. The van der Waals surface area contributed by atoms with Crippen molar-refractivity contribution in [3.63, 3.8) is 0 Å². The zero-order chi connectivity index (χ0) is 18.7.